The topological polar surface area (TPSA) is 108 Å². The largest absolute Gasteiger partial charge is 0.461 e. The molecule has 0 amide bonds. The lowest BCUT2D eigenvalue weighted by molar-refractivity contribution is -0.144. The zero-order valence-corrected chi connectivity index (χ0v) is 18.0. The normalized spacial score (nSPS) is 33.1. The fourth-order valence-corrected chi connectivity index (χ4v) is 4.02. The third-order valence-corrected chi connectivity index (χ3v) is 5.77. The van der Waals surface area contributed by atoms with E-state index in [-0.39, 0.29) is 24.4 Å². The summed E-state index contributed by atoms with van der Waals surface area (Å²) in [5.74, 6) is -2.11. The number of carbonyl (C=O) groups excluding carboxylic acids is 4. The summed E-state index contributed by atoms with van der Waals surface area (Å²) in [6.07, 6.45) is 0.335. The van der Waals surface area contributed by atoms with Crippen LogP contribution in [0.3, 0.4) is 0 Å². The average molecular weight is 420 g/mol. The van der Waals surface area contributed by atoms with Crippen LogP contribution in [0, 0.1) is 5.92 Å². The minimum atomic E-state index is -0.874. The van der Waals surface area contributed by atoms with Gasteiger partial charge in [0.25, 0.3) is 0 Å². The van der Waals surface area contributed by atoms with Gasteiger partial charge in [-0.15, -0.1) is 0 Å². The van der Waals surface area contributed by atoms with Crippen LogP contribution in [0.25, 0.3) is 0 Å². The molecule has 1 unspecified atom stereocenters. The number of fused-ring (bicyclic) bond motifs is 3. The first-order chi connectivity index (χ1) is 14.0. The van der Waals surface area contributed by atoms with E-state index in [1.165, 1.54) is 13.0 Å². The lowest BCUT2D eigenvalue weighted by Crippen LogP contribution is -2.36. The zero-order valence-electron chi connectivity index (χ0n) is 18.0. The molecule has 0 aromatic rings. The Bertz CT molecular complexity index is 834. The first kappa shape index (κ1) is 22.2. The smallest absolute Gasteiger partial charge is 0.338 e. The molecular weight excluding hydrogens is 392 g/mol. The third-order valence-electron chi connectivity index (χ3n) is 5.77. The maximum absolute atomic E-state index is 12.6. The van der Waals surface area contributed by atoms with Crippen molar-refractivity contribution in [2.75, 3.05) is 6.61 Å². The van der Waals surface area contributed by atoms with Crippen molar-refractivity contribution in [1.29, 1.82) is 0 Å². The van der Waals surface area contributed by atoms with E-state index in [0.717, 1.165) is 5.57 Å². The SMILES string of the molecule is CC(=O)OCC1=C2C(OC(=O)C=C(C)C)C[C@H](C)C(=O)CC[C@]3(C)O[C@@H]3[C@@H]2OC1=O. The monoisotopic (exact) mass is 420 g/mol. The number of ether oxygens (including phenoxy) is 4. The van der Waals surface area contributed by atoms with Gasteiger partial charge in [-0.25, -0.2) is 9.59 Å². The van der Waals surface area contributed by atoms with Gasteiger partial charge < -0.3 is 18.9 Å². The molecule has 0 aromatic heterocycles. The molecule has 2 fully saturated rings. The third kappa shape index (κ3) is 4.64. The summed E-state index contributed by atoms with van der Waals surface area (Å²) >= 11 is 0. The summed E-state index contributed by atoms with van der Waals surface area (Å²) in [6, 6.07) is 0. The Balaban J connectivity index is 2.04. The molecule has 3 aliphatic rings. The van der Waals surface area contributed by atoms with Gasteiger partial charge in [-0.2, -0.15) is 0 Å². The van der Waals surface area contributed by atoms with Gasteiger partial charge in [0.05, 0.1) is 11.2 Å². The van der Waals surface area contributed by atoms with Crippen molar-refractivity contribution in [1.82, 2.24) is 0 Å². The average Bonchev–Trinajstić information content (AvgIpc) is 3.19. The second kappa shape index (κ2) is 8.34. The van der Waals surface area contributed by atoms with E-state index in [1.54, 1.807) is 20.8 Å². The van der Waals surface area contributed by atoms with Gasteiger partial charge in [0.1, 0.15) is 24.6 Å². The van der Waals surface area contributed by atoms with Gasteiger partial charge in [0.15, 0.2) is 6.10 Å². The van der Waals surface area contributed by atoms with Crippen LogP contribution >= 0.6 is 0 Å². The molecule has 0 radical (unpaired) electrons. The molecule has 3 rings (SSSR count). The fraction of sp³-hybridized carbons (Fsp3) is 0.636. The number of hydrogen-bond acceptors (Lipinski definition) is 8. The maximum atomic E-state index is 12.6. The minimum absolute atomic E-state index is 0.0413. The van der Waals surface area contributed by atoms with Gasteiger partial charge >= 0.3 is 17.9 Å². The van der Waals surface area contributed by atoms with Crippen molar-refractivity contribution in [2.45, 2.75) is 77.8 Å². The molecule has 8 heteroatoms. The minimum Gasteiger partial charge on any atom is -0.461 e. The van der Waals surface area contributed by atoms with E-state index < -0.39 is 47.7 Å². The van der Waals surface area contributed by atoms with Crippen LogP contribution in [0.4, 0.5) is 0 Å². The lowest BCUT2D eigenvalue weighted by Gasteiger charge is -2.26. The highest BCUT2D eigenvalue weighted by molar-refractivity contribution is 5.94. The first-order valence-electron chi connectivity index (χ1n) is 10.1. The van der Waals surface area contributed by atoms with Crippen LogP contribution in [0.15, 0.2) is 22.8 Å². The fourth-order valence-electron chi connectivity index (χ4n) is 4.02. The lowest BCUT2D eigenvalue weighted by atomic mass is 9.83. The van der Waals surface area contributed by atoms with Crippen molar-refractivity contribution in [3.63, 3.8) is 0 Å². The molecule has 0 N–H and O–H groups in total. The Hall–Kier alpha value is -2.48. The van der Waals surface area contributed by atoms with Crippen molar-refractivity contribution < 1.29 is 38.1 Å². The van der Waals surface area contributed by atoms with Crippen molar-refractivity contribution in [3.05, 3.63) is 22.8 Å². The Morgan fingerprint density at radius 2 is 1.93 bits per heavy atom. The number of Topliss-reactive ketones (excluding diaryl/α,β-unsaturated/α-hetero) is 1. The Kier molecular flexibility index (Phi) is 6.17. The summed E-state index contributed by atoms with van der Waals surface area (Å²) in [6.45, 7) is 8.13. The van der Waals surface area contributed by atoms with Gasteiger partial charge in [-0.1, -0.05) is 12.5 Å². The van der Waals surface area contributed by atoms with Crippen LogP contribution < -0.4 is 0 Å². The molecule has 164 valence electrons. The molecule has 5 atom stereocenters. The van der Waals surface area contributed by atoms with Crippen molar-refractivity contribution >= 4 is 23.7 Å². The van der Waals surface area contributed by atoms with Gasteiger partial charge in [-0.3, -0.25) is 9.59 Å². The standard InChI is InChI=1S/C22H28O8/c1-11(2)8-17(25)28-16-9-12(3)15(24)6-7-22(5)20(30-22)19-18(16)14(21(26)29-19)10-27-13(4)23/h8,12,16,19-20H,6-7,9-10H2,1-5H3/t12-,16?,19+,20+,22-/m0/s1. The molecule has 2 heterocycles. The van der Waals surface area contributed by atoms with Crippen LogP contribution in [0.2, 0.25) is 0 Å². The van der Waals surface area contributed by atoms with E-state index in [1.807, 2.05) is 6.92 Å². The van der Waals surface area contributed by atoms with Crippen LogP contribution in [-0.2, 0) is 38.1 Å². The van der Waals surface area contributed by atoms with E-state index >= 15 is 0 Å². The number of esters is 3. The molecule has 1 aliphatic carbocycles. The summed E-state index contributed by atoms with van der Waals surface area (Å²) in [5, 5.41) is 0. The van der Waals surface area contributed by atoms with Crippen LogP contribution in [0.1, 0.15) is 53.9 Å². The molecule has 0 spiro atoms. The number of carbonyl (C=O) groups is 4. The van der Waals surface area contributed by atoms with E-state index in [4.69, 9.17) is 18.9 Å². The molecular formula is C22H28O8. The number of ketones is 1. The summed E-state index contributed by atoms with van der Waals surface area (Å²) in [5.41, 5.74) is 0.718. The van der Waals surface area contributed by atoms with Crippen LogP contribution in [-0.4, -0.2) is 54.2 Å². The first-order valence-corrected chi connectivity index (χ1v) is 10.1. The van der Waals surface area contributed by atoms with E-state index in [0.29, 0.717) is 18.4 Å². The van der Waals surface area contributed by atoms with Gasteiger partial charge in [0, 0.05) is 30.9 Å². The molecule has 0 aromatic carbocycles. The van der Waals surface area contributed by atoms with Gasteiger partial charge in [-0.05, 0) is 33.6 Å². The summed E-state index contributed by atoms with van der Waals surface area (Å²) in [7, 11) is 0. The molecule has 1 saturated heterocycles. The zero-order chi connectivity index (χ0) is 22.2. The number of rotatable bonds is 4. The maximum Gasteiger partial charge on any atom is 0.338 e. The van der Waals surface area contributed by atoms with Gasteiger partial charge in [0.2, 0.25) is 0 Å². The van der Waals surface area contributed by atoms with E-state index in [9.17, 15) is 19.2 Å². The second-order valence-corrected chi connectivity index (χ2v) is 8.64. The Morgan fingerprint density at radius 3 is 2.57 bits per heavy atom. The molecule has 0 bridgehead atoms. The second-order valence-electron chi connectivity index (χ2n) is 8.64. The predicted octanol–water partition coefficient (Wildman–Crippen LogP) is 2.20. The summed E-state index contributed by atoms with van der Waals surface area (Å²) < 4.78 is 22.2. The number of allylic oxidation sites excluding steroid dienone is 1. The molecule has 1 saturated carbocycles. The highest BCUT2D eigenvalue weighted by Crippen LogP contribution is 2.49. The highest BCUT2D eigenvalue weighted by Gasteiger charge is 2.62. The van der Waals surface area contributed by atoms with Crippen molar-refractivity contribution in [2.24, 2.45) is 5.92 Å². The molecule has 2 aliphatic heterocycles. The van der Waals surface area contributed by atoms with Crippen LogP contribution in [0.5, 0.6) is 0 Å². The number of epoxide rings is 1. The molecule has 8 nitrogen and oxygen atoms in total. The molecule has 30 heavy (non-hydrogen) atoms. The summed E-state index contributed by atoms with van der Waals surface area (Å²) in [4.78, 5) is 49.0. The Morgan fingerprint density at radius 1 is 1.23 bits per heavy atom. The van der Waals surface area contributed by atoms with E-state index in [2.05, 4.69) is 0 Å². The predicted molar refractivity (Wildman–Crippen MR) is 104 cm³/mol. The highest BCUT2D eigenvalue weighted by atomic mass is 16.6. The Labute approximate surface area is 175 Å². The van der Waals surface area contributed by atoms with Crippen molar-refractivity contribution in [3.8, 4) is 0 Å². The number of hydrogen-bond donors (Lipinski definition) is 0. The quantitative estimate of drug-likeness (QED) is 0.295.